The van der Waals surface area contributed by atoms with Crippen LogP contribution in [0.25, 0.3) is 22.3 Å². The lowest BCUT2D eigenvalue weighted by atomic mass is 10.1. The minimum atomic E-state index is -0.250. The molecule has 0 spiro atoms. The number of nitrogens with two attached hydrogens (primary N) is 1. The SMILES string of the molecule is CC(C)(C)n1nc2nc(NCCc3ccccc3)nc(-c3ccccc3)c2c1N. The average molecular weight is 387 g/mol. The first-order valence-electron chi connectivity index (χ1n) is 9.83. The van der Waals surface area contributed by atoms with Crippen LogP contribution >= 0.6 is 0 Å². The third-order valence-electron chi connectivity index (χ3n) is 4.79. The number of rotatable bonds is 5. The van der Waals surface area contributed by atoms with Crippen molar-refractivity contribution in [2.75, 3.05) is 17.6 Å². The van der Waals surface area contributed by atoms with E-state index in [4.69, 9.17) is 15.8 Å². The summed E-state index contributed by atoms with van der Waals surface area (Å²) < 4.78 is 1.83. The second kappa shape index (κ2) is 7.54. The van der Waals surface area contributed by atoms with E-state index in [1.807, 2.05) is 53.2 Å². The molecule has 0 aliphatic carbocycles. The molecule has 0 bridgehead atoms. The predicted octanol–water partition coefficient (Wildman–Crippen LogP) is 4.49. The molecule has 2 aromatic heterocycles. The molecule has 0 radical (unpaired) electrons. The zero-order valence-electron chi connectivity index (χ0n) is 17.1. The molecule has 0 atom stereocenters. The molecule has 4 aromatic rings. The van der Waals surface area contributed by atoms with Gasteiger partial charge in [-0.2, -0.15) is 4.98 Å². The summed E-state index contributed by atoms with van der Waals surface area (Å²) in [6, 6.07) is 20.4. The zero-order valence-corrected chi connectivity index (χ0v) is 17.1. The van der Waals surface area contributed by atoms with E-state index in [1.54, 1.807) is 0 Å². The molecule has 0 unspecified atom stereocenters. The van der Waals surface area contributed by atoms with E-state index in [9.17, 15) is 0 Å². The molecule has 4 rings (SSSR count). The van der Waals surface area contributed by atoms with Gasteiger partial charge in [-0.05, 0) is 32.8 Å². The van der Waals surface area contributed by atoms with E-state index >= 15 is 0 Å². The molecule has 0 aliphatic rings. The summed E-state index contributed by atoms with van der Waals surface area (Å²) in [6.07, 6.45) is 0.890. The highest BCUT2D eigenvalue weighted by Gasteiger charge is 2.24. The van der Waals surface area contributed by atoms with Crippen LogP contribution in [-0.2, 0) is 12.0 Å². The summed E-state index contributed by atoms with van der Waals surface area (Å²) in [5, 5.41) is 8.84. The van der Waals surface area contributed by atoms with Gasteiger partial charge in [0.15, 0.2) is 5.65 Å². The normalized spacial score (nSPS) is 11.7. The predicted molar refractivity (Wildman–Crippen MR) is 119 cm³/mol. The van der Waals surface area contributed by atoms with Crippen molar-refractivity contribution in [2.24, 2.45) is 0 Å². The Kier molecular flexibility index (Phi) is 4.92. The van der Waals surface area contributed by atoms with E-state index in [1.165, 1.54) is 5.56 Å². The highest BCUT2D eigenvalue weighted by Crippen LogP contribution is 2.33. The first kappa shape index (κ1) is 18.9. The minimum Gasteiger partial charge on any atom is -0.383 e. The lowest BCUT2D eigenvalue weighted by Gasteiger charge is -2.20. The van der Waals surface area contributed by atoms with Crippen LogP contribution in [0.5, 0.6) is 0 Å². The second-order valence-electron chi connectivity index (χ2n) is 8.09. The quantitative estimate of drug-likeness (QED) is 0.528. The van der Waals surface area contributed by atoms with Crippen molar-refractivity contribution in [3.8, 4) is 11.3 Å². The lowest BCUT2D eigenvalue weighted by Crippen LogP contribution is -2.24. The molecule has 0 saturated heterocycles. The summed E-state index contributed by atoms with van der Waals surface area (Å²) in [5.74, 6) is 1.15. The van der Waals surface area contributed by atoms with Crippen molar-refractivity contribution in [1.82, 2.24) is 19.7 Å². The molecule has 2 heterocycles. The van der Waals surface area contributed by atoms with E-state index < -0.39 is 0 Å². The Labute approximate surface area is 170 Å². The van der Waals surface area contributed by atoms with E-state index in [2.05, 4.69) is 43.2 Å². The molecule has 3 N–H and O–H groups in total. The number of nitrogens with zero attached hydrogens (tertiary/aromatic N) is 4. The number of nitrogens with one attached hydrogen (secondary N) is 1. The summed E-state index contributed by atoms with van der Waals surface area (Å²) >= 11 is 0. The molecule has 0 amide bonds. The number of hydrogen-bond donors (Lipinski definition) is 2. The largest absolute Gasteiger partial charge is 0.383 e. The summed E-state index contributed by atoms with van der Waals surface area (Å²) in [6.45, 7) is 6.96. The van der Waals surface area contributed by atoms with Gasteiger partial charge in [-0.3, -0.25) is 0 Å². The van der Waals surface area contributed by atoms with Gasteiger partial charge in [0.2, 0.25) is 5.95 Å². The maximum absolute atomic E-state index is 6.49. The zero-order chi connectivity index (χ0) is 20.4. The van der Waals surface area contributed by atoms with E-state index in [0.717, 1.165) is 29.6 Å². The Morgan fingerprint density at radius 2 is 1.59 bits per heavy atom. The minimum absolute atomic E-state index is 0.250. The van der Waals surface area contributed by atoms with Gasteiger partial charge in [-0.15, -0.1) is 5.10 Å². The summed E-state index contributed by atoms with van der Waals surface area (Å²) in [5.41, 5.74) is 9.90. The smallest absolute Gasteiger partial charge is 0.225 e. The molecule has 2 aromatic carbocycles. The third kappa shape index (κ3) is 3.92. The molecular formula is C23H26N6. The van der Waals surface area contributed by atoms with Crippen molar-refractivity contribution >= 4 is 22.8 Å². The molecular weight excluding hydrogens is 360 g/mol. The molecule has 6 heteroatoms. The Hall–Kier alpha value is -3.41. The maximum atomic E-state index is 6.49. The molecule has 6 nitrogen and oxygen atoms in total. The van der Waals surface area contributed by atoms with Crippen LogP contribution in [0.4, 0.5) is 11.8 Å². The number of fused-ring (bicyclic) bond motifs is 1. The Morgan fingerprint density at radius 1 is 0.931 bits per heavy atom. The van der Waals surface area contributed by atoms with Gasteiger partial charge in [0, 0.05) is 12.1 Å². The van der Waals surface area contributed by atoms with Crippen LogP contribution in [0.3, 0.4) is 0 Å². The van der Waals surface area contributed by atoms with Crippen molar-refractivity contribution in [1.29, 1.82) is 0 Å². The van der Waals surface area contributed by atoms with Crippen LogP contribution in [-0.4, -0.2) is 26.3 Å². The molecule has 29 heavy (non-hydrogen) atoms. The third-order valence-corrected chi connectivity index (χ3v) is 4.79. The van der Waals surface area contributed by atoms with Crippen LogP contribution in [0.2, 0.25) is 0 Å². The molecule has 148 valence electrons. The summed E-state index contributed by atoms with van der Waals surface area (Å²) in [7, 11) is 0. The van der Waals surface area contributed by atoms with Gasteiger partial charge in [-0.25, -0.2) is 9.67 Å². The Bertz CT molecular complexity index is 1110. The highest BCUT2D eigenvalue weighted by molar-refractivity contribution is 5.99. The van der Waals surface area contributed by atoms with E-state index in [-0.39, 0.29) is 5.54 Å². The average Bonchev–Trinajstić information content (AvgIpc) is 3.06. The van der Waals surface area contributed by atoms with Gasteiger partial charge >= 0.3 is 0 Å². The number of nitrogen functional groups attached to an aromatic ring is 1. The lowest BCUT2D eigenvalue weighted by molar-refractivity contribution is 0.364. The number of anilines is 2. The van der Waals surface area contributed by atoms with E-state index in [0.29, 0.717) is 17.4 Å². The van der Waals surface area contributed by atoms with Gasteiger partial charge < -0.3 is 11.1 Å². The first-order valence-corrected chi connectivity index (χ1v) is 9.83. The first-order chi connectivity index (χ1) is 13.9. The Balaban J connectivity index is 1.74. The molecule has 0 fully saturated rings. The fourth-order valence-electron chi connectivity index (χ4n) is 3.37. The van der Waals surface area contributed by atoms with Crippen molar-refractivity contribution in [3.05, 3.63) is 66.2 Å². The monoisotopic (exact) mass is 386 g/mol. The highest BCUT2D eigenvalue weighted by atomic mass is 15.4. The fraction of sp³-hybridized carbons (Fsp3) is 0.261. The second-order valence-corrected chi connectivity index (χ2v) is 8.09. The van der Waals surface area contributed by atoms with Gasteiger partial charge in [-0.1, -0.05) is 60.7 Å². The van der Waals surface area contributed by atoms with Gasteiger partial charge in [0.05, 0.1) is 16.6 Å². The van der Waals surface area contributed by atoms with Crippen molar-refractivity contribution < 1.29 is 0 Å². The number of hydrogen-bond acceptors (Lipinski definition) is 5. The van der Waals surface area contributed by atoms with Crippen LogP contribution in [0.15, 0.2) is 60.7 Å². The topological polar surface area (TPSA) is 81.7 Å². The summed E-state index contributed by atoms with van der Waals surface area (Å²) in [4.78, 5) is 9.46. The number of aromatic nitrogens is 4. The number of benzene rings is 2. The van der Waals surface area contributed by atoms with Crippen molar-refractivity contribution in [3.63, 3.8) is 0 Å². The molecule has 0 aliphatic heterocycles. The van der Waals surface area contributed by atoms with Crippen molar-refractivity contribution in [2.45, 2.75) is 32.7 Å². The standard InChI is InChI=1S/C23H26N6/c1-23(2,3)29-20(24)18-19(17-12-8-5-9-13-17)26-22(27-21(18)28-29)25-15-14-16-10-6-4-7-11-16/h4-13H,14-15,24H2,1-3H3,(H,25,27,28). The molecule has 0 saturated carbocycles. The maximum Gasteiger partial charge on any atom is 0.225 e. The van der Waals surface area contributed by atoms with Crippen LogP contribution < -0.4 is 11.1 Å². The fourth-order valence-corrected chi connectivity index (χ4v) is 3.37. The Morgan fingerprint density at radius 3 is 2.24 bits per heavy atom. The van der Waals surface area contributed by atoms with Gasteiger partial charge in [0.25, 0.3) is 0 Å². The van der Waals surface area contributed by atoms with Crippen LogP contribution in [0, 0.1) is 0 Å². The van der Waals surface area contributed by atoms with Crippen LogP contribution in [0.1, 0.15) is 26.3 Å². The van der Waals surface area contributed by atoms with Gasteiger partial charge in [0.1, 0.15) is 5.82 Å².